The molecule has 0 aromatic carbocycles. The predicted octanol–water partition coefficient (Wildman–Crippen LogP) is 1.41. The van der Waals surface area contributed by atoms with E-state index in [9.17, 15) is 4.79 Å². The molecular weight excluding hydrogens is 278 g/mol. The van der Waals surface area contributed by atoms with Crippen molar-refractivity contribution in [1.29, 1.82) is 0 Å². The number of hydrogen-bond donors (Lipinski definition) is 0. The van der Waals surface area contributed by atoms with Crippen molar-refractivity contribution < 1.29 is 4.79 Å². The zero-order valence-electron chi connectivity index (χ0n) is 12.8. The minimum absolute atomic E-state index is 0.155. The van der Waals surface area contributed by atoms with Crippen LogP contribution in [0.15, 0.2) is 30.9 Å². The fourth-order valence-corrected chi connectivity index (χ4v) is 3.62. The van der Waals surface area contributed by atoms with Crippen LogP contribution in [0.4, 0.5) is 0 Å². The molecule has 0 spiro atoms. The van der Waals surface area contributed by atoms with E-state index in [0.29, 0.717) is 17.9 Å². The number of rotatable bonds is 4. The zero-order chi connectivity index (χ0) is 15.1. The van der Waals surface area contributed by atoms with Crippen LogP contribution in [0.3, 0.4) is 0 Å². The molecule has 2 aromatic rings. The Bertz CT molecular complexity index is 662. The normalized spacial score (nSPS) is 27.3. The third-order valence-electron chi connectivity index (χ3n) is 4.88. The summed E-state index contributed by atoms with van der Waals surface area (Å²) in [5.41, 5.74) is 1.20. The molecule has 0 radical (unpaired) electrons. The number of amides is 1. The second kappa shape index (κ2) is 5.26. The highest BCUT2D eigenvalue weighted by Gasteiger charge is 2.48. The highest BCUT2D eigenvalue weighted by Crippen LogP contribution is 2.49. The Balaban J connectivity index is 1.42. The quantitative estimate of drug-likeness (QED) is 0.858. The van der Waals surface area contributed by atoms with Crippen LogP contribution in [0.5, 0.6) is 0 Å². The average molecular weight is 299 g/mol. The average Bonchev–Trinajstić information content (AvgIpc) is 2.91. The van der Waals surface area contributed by atoms with Crippen molar-refractivity contribution in [3.63, 3.8) is 0 Å². The summed E-state index contributed by atoms with van der Waals surface area (Å²) < 4.78 is 3.74. The summed E-state index contributed by atoms with van der Waals surface area (Å²) in [7, 11) is 1.92. The lowest BCUT2D eigenvalue weighted by Crippen LogP contribution is -2.39. The maximum atomic E-state index is 12.8. The lowest BCUT2D eigenvalue weighted by molar-refractivity contribution is -0.133. The van der Waals surface area contributed by atoms with Gasteiger partial charge in [0.1, 0.15) is 0 Å². The van der Waals surface area contributed by atoms with Gasteiger partial charge in [-0.15, -0.1) is 0 Å². The Morgan fingerprint density at radius 1 is 1.41 bits per heavy atom. The molecule has 1 amide bonds. The van der Waals surface area contributed by atoms with Gasteiger partial charge in [-0.1, -0.05) is 0 Å². The minimum Gasteiger partial charge on any atom is -0.338 e. The molecule has 1 aliphatic heterocycles. The number of hydrogen-bond acceptors (Lipinski definition) is 3. The summed E-state index contributed by atoms with van der Waals surface area (Å²) in [6.07, 6.45) is 10.8. The Kier molecular flexibility index (Phi) is 3.24. The van der Waals surface area contributed by atoms with Gasteiger partial charge in [-0.05, 0) is 36.8 Å². The van der Waals surface area contributed by atoms with Crippen LogP contribution in [0, 0.1) is 5.92 Å². The second-order valence-corrected chi connectivity index (χ2v) is 6.45. The van der Waals surface area contributed by atoms with E-state index in [4.69, 9.17) is 0 Å². The Labute approximate surface area is 129 Å². The fraction of sp³-hybridized carbons (Fsp3) is 0.562. The first kappa shape index (κ1) is 13.5. The van der Waals surface area contributed by atoms with Crippen molar-refractivity contribution >= 4 is 5.91 Å². The maximum absolute atomic E-state index is 12.8. The number of nitrogens with zero attached hydrogens (tertiary/aromatic N) is 5. The first-order valence-electron chi connectivity index (χ1n) is 7.99. The van der Waals surface area contributed by atoms with Gasteiger partial charge in [0.25, 0.3) is 0 Å². The molecule has 6 nitrogen and oxygen atoms in total. The van der Waals surface area contributed by atoms with Crippen LogP contribution in [0.2, 0.25) is 0 Å². The molecule has 22 heavy (non-hydrogen) atoms. The fourth-order valence-electron chi connectivity index (χ4n) is 3.62. The third kappa shape index (κ3) is 2.42. The van der Waals surface area contributed by atoms with Crippen molar-refractivity contribution in [3.8, 4) is 0 Å². The molecule has 1 saturated heterocycles. The van der Waals surface area contributed by atoms with Gasteiger partial charge in [-0.2, -0.15) is 10.2 Å². The summed E-state index contributed by atoms with van der Waals surface area (Å²) in [6, 6.07) is 2.23. The summed E-state index contributed by atoms with van der Waals surface area (Å²) in [5.74, 6) is 0.845. The van der Waals surface area contributed by atoms with E-state index in [1.165, 1.54) is 5.56 Å². The van der Waals surface area contributed by atoms with E-state index >= 15 is 0 Å². The van der Waals surface area contributed by atoms with E-state index in [-0.39, 0.29) is 5.92 Å². The van der Waals surface area contributed by atoms with Gasteiger partial charge in [0.2, 0.25) is 5.91 Å². The number of carbonyl (C=O) groups is 1. The predicted molar refractivity (Wildman–Crippen MR) is 81.0 cm³/mol. The monoisotopic (exact) mass is 299 g/mol. The molecule has 3 heterocycles. The Hall–Kier alpha value is -2.11. The van der Waals surface area contributed by atoms with E-state index in [2.05, 4.69) is 15.1 Å². The van der Waals surface area contributed by atoms with Gasteiger partial charge in [-0.3, -0.25) is 14.2 Å². The van der Waals surface area contributed by atoms with E-state index in [1.807, 2.05) is 41.1 Å². The molecule has 116 valence electrons. The summed E-state index contributed by atoms with van der Waals surface area (Å²) in [6.45, 7) is 1.70. The van der Waals surface area contributed by atoms with Crippen LogP contribution >= 0.6 is 0 Å². The lowest BCUT2D eigenvalue weighted by atomic mass is 10.1. The molecule has 2 aromatic heterocycles. The minimum atomic E-state index is 0.155. The van der Waals surface area contributed by atoms with Gasteiger partial charge in [-0.25, -0.2) is 0 Å². The summed E-state index contributed by atoms with van der Waals surface area (Å²) in [5, 5.41) is 8.48. The van der Waals surface area contributed by atoms with Crippen molar-refractivity contribution in [3.05, 3.63) is 36.4 Å². The number of likely N-dealkylation sites (tertiary alicyclic amines) is 1. The van der Waals surface area contributed by atoms with Gasteiger partial charge >= 0.3 is 0 Å². The molecule has 3 unspecified atom stereocenters. The second-order valence-electron chi connectivity index (χ2n) is 6.45. The summed E-state index contributed by atoms with van der Waals surface area (Å²) >= 11 is 0. The van der Waals surface area contributed by atoms with E-state index < -0.39 is 0 Å². The zero-order valence-corrected chi connectivity index (χ0v) is 12.8. The van der Waals surface area contributed by atoms with Gasteiger partial charge in [0, 0.05) is 38.1 Å². The maximum Gasteiger partial charge on any atom is 0.226 e. The van der Waals surface area contributed by atoms with Gasteiger partial charge in [0.15, 0.2) is 0 Å². The van der Waals surface area contributed by atoms with Crippen LogP contribution in [0.25, 0.3) is 0 Å². The third-order valence-corrected chi connectivity index (χ3v) is 4.88. The van der Waals surface area contributed by atoms with Gasteiger partial charge in [0.05, 0.1) is 18.8 Å². The molecule has 0 N–H and O–H groups in total. The molecule has 2 aliphatic rings. The molecule has 1 aliphatic carbocycles. The topological polar surface area (TPSA) is 56.0 Å². The highest BCUT2D eigenvalue weighted by atomic mass is 16.2. The molecule has 1 saturated carbocycles. The standard InChI is InChI=1S/C16H21N5O/c1-19-10-12(9-18-19)14-8-15(14)16(22)21-7-2-4-13(21)11-20-6-3-5-17-20/h3,5-6,9-10,13-15H,2,4,7-8,11H2,1H3. The molecule has 0 bridgehead atoms. The van der Waals surface area contributed by atoms with Crippen LogP contribution in [0.1, 0.15) is 30.7 Å². The molecular formula is C16H21N5O. The SMILES string of the molecule is Cn1cc(C2CC2C(=O)N2CCCC2Cn2cccn2)cn1. The molecule has 2 fully saturated rings. The highest BCUT2D eigenvalue weighted by molar-refractivity contribution is 5.83. The summed E-state index contributed by atoms with van der Waals surface area (Å²) in [4.78, 5) is 14.9. The molecule has 6 heteroatoms. The largest absolute Gasteiger partial charge is 0.338 e. The van der Waals surface area contributed by atoms with Gasteiger partial charge < -0.3 is 4.90 Å². The molecule has 4 rings (SSSR count). The first-order valence-corrected chi connectivity index (χ1v) is 7.99. The van der Waals surface area contributed by atoms with Crippen LogP contribution < -0.4 is 0 Å². The van der Waals surface area contributed by atoms with E-state index in [1.54, 1.807) is 6.20 Å². The smallest absolute Gasteiger partial charge is 0.226 e. The van der Waals surface area contributed by atoms with Crippen LogP contribution in [-0.4, -0.2) is 43.0 Å². The van der Waals surface area contributed by atoms with Crippen molar-refractivity contribution in [2.24, 2.45) is 13.0 Å². The number of aromatic nitrogens is 4. The molecule has 3 atom stereocenters. The number of aryl methyl sites for hydroxylation is 1. The van der Waals surface area contributed by atoms with Crippen molar-refractivity contribution in [2.75, 3.05) is 6.54 Å². The van der Waals surface area contributed by atoms with Crippen molar-refractivity contribution in [2.45, 2.75) is 37.8 Å². The number of carbonyl (C=O) groups excluding carboxylic acids is 1. The lowest BCUT2D eigenvalue weighted by Gasteiger charge is -2.25. The van der Waals surface area contributed by atoms with E-state index in [0.717, 1.165) is 32.4 Å². The van der Waals surface area contributed by atoms with Crippen molar-refractivity contribution in [1.82, 2.24) is 24.5 Å². The Morgan fingerprint density at radius 2 is 2.32 bits per heavy atom. The Morgan fingerprint density at radius 3 is 3.05 bits per heavy atom. The first-order chi connectivity index (χ1) is 10.7. The van der Waals surface area contributed by atoms with Crippen LogP contribution in [-0.2, 0) is 18.4 Å².